The van der Waals surface area contributed by atoms with E-state index in [-0.39, 0.29) is 16.5 Å². The summed E-state index contributed by atoms with van der Waals surface area (Å²) in [4.78, 5) is 12.9. The van der Waals surface area contributed by atoms with Crippen LogP contribution in [-0.2, 0) is 17.1 Å². The molecule has 1 fully saturated rings. The van der Waals surface area contributed by atoms with Gasteiger partial charge in [0.25, 0.3) is 5.91 Å². The number of rotatable bonds is 5. The second kappa shape index (κ2) is 7.74. The summed E-state index contributed by atoms with van der Waals surface area (Å²) in [5.41, 5.74) is 1.80. The highest BCUT2D eigenvalue weighted by Crippen LogP contribution is 2.27. The molecule has 0 spiro atoms. The molecular formula is C19H25N3O4S. The maximum Gasteiger partial charge on any atom is 0.272 e. The van der Waals surface area contributed by atoms with Crippen LogP contribution in [0, 0.1) is 6.92 Å². The van der Waals surface area contributed by atoms with Crippen molar-refractivity contribution in [2.24, 2.45) is 7.05 Å². The molecule has 1 saturated heterocycles. The van der Waals surface area contributed by atoms with Crippen molar-refractivity contribution in [1.82, 2.24) is 8.87 Å². The maximum atomic E-state index is 12.8. The Morgan fingerprint density at radius 1 is 1.15 bits per heavy atom. The van der Waals surface area contributed by atoms with Gasteiger partial charge in [0.15, 0.2) is 0 Å². The van der Waals surface area contributed by atoms with E-state index in [1.165, 1.54) is 28.2 Å². The molecule has 27 heavy (non-hydrogen) atoms. The fraction of sp³-hybridized carbons (Fsp3) is 0.421. The summed E-state index contributed by atoms with van der Waals surface area (Å²) in [7, 11) is -0.384. The molecule has 0 radical (unpaired) electrons. The average Bonchev–Trinajstić information content (AvgIpc) is 3.05. The third-order valence-electron chi connectivity index (χ3n) is 4.77. The van der Waals surface area contributed by atoms with Gasteiger partial charge in [-0.15, -0.1) is 0 Å². The molecule has 0 bridgehead atoms. The Morgan fingerprint density at radius 3 is 2.52 bits per heavy atom. The van der Waals surface area contributed by atoms with Crippen LogP contribution in [0.25, 0.3) is 0 Å². The maximum absolute atomic E-state index is 12.8. The van der Waals surface area contributed by atoms with Crippen LogP contribution in [0.5, 0.6) is 5.75 Å². The lowest BCUT2D eigenvalue weighted by molar-refractivity contribution is 0.101. The molecule has 0 atom stereocenters. The number of methoxy groups -OCH3 is 1. The van der Waals surface area contributed by atoms with E-state index in [0.29, 0.717) is 24.5 Å². The minimum Gasteiger partial charge on any atom is -0.495 e. The smallest absolute Gasteiger partial charge is 0.272 e. The van der Waals surface area contributed by atoms with Crippen LogP contribution in [0.15, 0.2) is 35.4 Å². The van der Waals surface area contributed by atoms with Gasteiger partial charge in [-0.3, -0.25) is 4.79 Å². The summed E-state index contributed by atoms with van der Waals surface area (Å²) in [6.45, 7) is 2.97. The molecule has 1 N–H and O–H groups in total. The van der Waals surface area contributed by atoms with Gasteiger partial charge in [-0.25, -0.2) is 8.42 Å². The molecular weight excluding hydrogens is 366 g/mol. The second-order valence-electron chi connectivity index (χ2n) is 6.79. The number of hydrogen-bond donors (Lipinski definition) is 1. The molecule has 1 aromatic carbocycles. The molecule has 3 rings (SSSR count). The molecule has 1 aliphatic heterocycles. The first kappa shape index (κ1) is 19.4. The van der Waals surface area contributed by atoms with Crippen LogP contribution >= 0.6 is 0 Å². The topological polar surface area (TPSA) is 80.6 Å². The normalized spacial score (nSPS) is 15.5. The van der Waals surface area contributed by atoms with Crippen molar-refractivity contribution in [2.75, 3.05) is 25.5 Å². The van der Waals surface area contributed by atoms with Crippen molar-refractivity contribution >= 4 is 21.6 Å². The summed E-state index contributed by atoms with van der Waals surface area (Å²) in [6.07, 6.45) is 4.28. The number of piperidine rings is 1. The van der Waals surface area contributed by atoms with Gasteiger partial charge >= 0.3 is 0 Å². The van der Waals surface area contributed by atoms with Crippen LogP contribution in [0.2, 0.25) is 0 Å². The number of nitrogens with zero attached hydrogens (tertiary/aromatic N) is 2. The number of anilines is 1. The number of hydrogen-bond acceptors (Lipinski definition) is 4. The molecule has 1 aromatic heterocycles. The number of aromatic nitrogens is 1. The zero-order valence-electron chi connectivity index (χ0n) is 15.9. The molecule has 8 heteroatoms. The van der Waals surface area contributed by atoms with E-state index in [4.69, 9.17) is 4.74 Å². The number of benzene rings is 1. The van der Waals surface area contributed by atoms with Gasteiger partial charge in [0.05, 0.1) is 12.8 Å². The van der Waals surface area contributed by atoms with E-state index in [1.54, 1.807) is 13.1 Å². The van der Waals surface area contributed by atoms with E-state index < -0.39 is 10.0 Å². The van der Waals surface area contributed by atoms with Crippen molar-refractivity contribution in [1.29, 1.82) is 0 Å². The first-order valence-electron chi connectivity index (χ1n) is 8.95. The van der Waals surface area contributed by atoms with Crippen molar-refractivity contribution in [3.05, 3.63) is 41.7 Å². The molecule has 2 aromatic rings. The Labute approximate surface area is 160 Å². The molecule has 1 amide bonds. The van der Waals surface area contributed by atoms with Crippen molar-refractivity contribution in [3.8, 4) is 5.75 Å². The number of nitrogens with one attached hydrogen (secondary N) is 1. The first-order valence-corrected chi connectivity index (χ1v) is 10.4. The van der Waals surface area contributed by atoms with Gasteiger partial charge in [-0.2, -0.15) is 4.31 Å². The Morgan fingerprint density at radius 2 is 1.85 bits per heavy atom. The molecule has 2 heterocycles. The van der Waals surface area contributed by atoms with Crippen LogP contribution in [0.1, 0.15) is 35.3 Å². The molecule has 7 nitrogen and oxygen atoms in total. The number of amides is 1. The quantitative estimate of drug-likeness (QED) is 0.850. The minimum absolute atomic E-state index is 0.147. The molecule has 1 aliphatic rings. The van der Waals surface area contributed by atoms with Gasteiger partial charge in [0.2, 0.25) is 10.0 Å². The lowest BCUT2D eigenvalue weighted by Crippen LogP contribution is -2.35. The molecule has 0 aliphatic carbocycles. The lowest BCUT2D eigenvalue weighted by Gasteiger charge is -2.25. The number of carbonyl (C=O) groups is 1. The Bertz CT molecular complexity index is 944. The van der Waals surface area contributed by atoms with Crippen LogP contribution < -0.4 is 10.1 Å². The van der Waals surface area contributed by atoms with E-state index in [1.807, 2.05) is 19.1 Å². The van der Waals surface area contributed by atoms with Crippen molar-refractivity contribution < 1.29 is 17.9 Å². The van der Waals surface area contributed by atoms with Gasteiger partial charge < -0.3 is 14.6 Å². The van der Waals surface area contributed by atoms with E-state index in [0.717, 1.165) is 24.8 Å². The molecule has 146 valence electrons. The van der Waals surface area contributed by atoms with Crippen LogP contribution in [0.4, 0.5) is 5.69 Å². The highest BCUT2D eigenvalue weighted by molar-refractivity contribution is 7.89. The third-order valence-corrected chi connectivity index (χ3v) is 6.63. The highest BCUT2D eigenvalue weighted by atomic mass is 32.2. The van der Waals surface area contributed by atoms with Gasteiger partial charge in [-0.1, -0.05) is 12.5 Å². The average molecular weight is 391 g/mol. The number of carbonyl (C=O) groups excluding carboxylic acids is 1. The summed E-state index contributed by atoms with van der Waals surface area (Å²) >= 11 is 0. The first-order chi connectivity index (χ1) is 12.8. The predicted molar refractivity (Wildman–Crippen MR) is 104 cm³/mol. The second-order valence-corrected chi connectivity index (χ2v) is 8.73. The third kappa shape index (κ3) is 4.01. The minimum atomic E-state index is -3.58. The molecule has 0 saturated carbocycles. The van der Waals surface area contributed by atoms with Gasteiger partial charge in [0, 0.05) is 26.3 Å². The van der Waals surface area contributed by atoms with Gasteiger partial charge in [-0.05, 0) is 43.5 Å². The fourth-order valence-electron chi connectivity index (χ4n) is 3.26. The fourth-order valence-corrected chi connectivity index (χ4v) is 4.85. The van der Waals surface area contributed by atoms with Crippen molar-refractivity contribution in [2.45, 2.75) is 31.1 Å². The highest BCUT2D eigenvalue weighted by Gasteiger charge is 2.28. The monoisotopic (exact) mass is 391 g/mol. The Balaban J connectivity index is 1.86. The summed E-state index contributed by atoms with van der Waals surface area (Å²) in [6, 6.07) is 6.91. The van der Waals surface area contributed by atoms with Crippen molar-refractivity contribution in [3.63, 3.8) is 0 Å². The SMILES string of the molecule is COc1ccc(C)cc1NC(=O)c1cc(S(=O)(=O)N2CCCCC2)cn1C. The Kier molecular flexibility index (Phi) is 5.57. The zero-order chi connectivity index (χ0) is 19.6. The summed E-state index contributed by atoms with van der Waals surface area (Å²) in [5.74, 6) is 0.158. The van der Waals surface area contributed by atoms with Gasteiger partial charge in [0.1, 0.15) is 16.3 Å². The lowest BCUT2D eigenvalue weighted by atomic mass is 10.2. The summed E-state index contributed by atoms with van der Waals surface area (Å²) < 4.78 is 34.0. The number of aryl methyl sites for hydroxylation is 2. The standard InChI is InChI=1S/C19H25N3O4S/c1-14-7-8-18(26-3)16(11-14)20-19(23)17-12-15(13-21(17)2)27(24,25)22-9-5-4-6-10-22/h7-8,11-13H,4-6,9-10H2,1-3H3,(H,20,23). The van der Waals surface area contributed by atoms with E-state index in [9.17, 15) is 13.2 Å². The van der Waals surface area contributed by atoms with E-state index in [2.05, 4.69) is 5.32 Å². The number of ether oxygens (including phenoxy) is 1. The van der Waals surface area contributed by atoms with E-state index >= 15 is 0 Å². The van der Waals surface area contributed by atoms with Crippen LogP contribution in [0.3, 0.4) is 0 Å². The number of sulfonamides is 1. The predicted octanol–water partition coefficient (Wildman–Crippen LogP) is 2.77. The Hall–Kier alpha value is -2.32. The van der Waals surface area contributed by atoms with Crippen LogP contribution in [-0.4, -0.2) is 43.4 Å². The zero-order valence-corrected chi connectivity index (χ0v) is 16.7. The molecule has 0 unspecified atom stereocenters. The largest absolute Gasteiger partial charge is 0.495 e. The summed E-state index contributed by atoms with van der Waals surface area (Å²) in [5, 5.41) is 2.81.